The zero-order valence-corrected chi connectivity index (χ0v) is 13.9. The van der Waals surface area contributed by atoms with Gasteiger partial charge in [0.2, 0.25) is 0 Å². The van der Waals surface area contributed by atoms with E-state index >= 15 is 0 Å². The molecule has 1 saturated heterocycles. The lowest BCUT2D eigenvalue weighted by atomic mass is 9.75. The fraction of sp³-hybridized carbons (Fsp3) is 0.444. The zero-order chi connectivity index (χ0) is 14.7. The molecule has 2 nitrogen and oxygen atoms in total. The van der Waals surface area contributed by atoms with Crippen LogP contribution in [-0.4, -0.2) is 23.5 Å². The normalized spacial score (nSPS) is 30.2. The maximum Gasteiger partial charge on any atom is 0.0350 e. The van der Waals surface area contributed by atoms with Crippen molar-refractivity contribution in [2.45, 2.75) is 31.3 Å². The van der Waals surface area contributed by atoms with Gasteiger partial charge in [-0.15, -0.1) is 0 Å². The highest BCUT2D eigenvalue weighted by atomic mass is 79.9. The zero-order valence-electron chi connectivity index (χ0n) is 12.3. The highest BCUT2D eigenvalue weighted by Gasteiger charge is 2.37. The summed E-state index contributed by atoms with van der Waals surface area (Å²) in [4.78, 5) is 2.51. The molecule has 0 radical (unpaired) electrons. The van der Waals surface area contributed by atoms with Crippen LogP contribution in [0.1, 0.15) is 24.8 Å². The second-order valence-electron chi connectivity index (χ2n) is 6.32. The van der Waals surface area contributed by atoms with Gasteiger partial charge in [-0.05, 0) is 37.3 Å². The van der Waals surface area contributed by atoms with E-state index in [0.717, 1.165) is 32.5 Å². The first kappa shape index (κ1) is 15.0. The lowest BCUT2D eigenvalue weighted by Crippen LogP contribution is -2.58. The first-order valence-corrected chi connectivity index (χ1v) is 8.54. The van der Waals surface area contributed by atoms with Gasteiger partial charge in [-0.1, -0.05) is 64.5 Å². The Morgan fingerprint density at radius 1 is 1.29 bits per heavy atom. The second kappa shape index (κ2) is 6.47. The van der Waals surface area contributed by atoms with Crippen molar-refractivity contribution >= 4 is 15.9 Å². The van der Waals surface area contributed by atoms with Crippen LogP contribution in [0.2, 0.25) is 0 Å². The van der Waals surface area contributed by atoms with Crippen LogP contribution in [0.4, 0.5) is 0 Å². The van der Waals surface area contributed by atoms with Crippen LogP contribution in [0.15, 0.2) is 53.0 Å². The summed E-state index contributed by atoms with van der Waals surface area (Å²) in [6.07, 6.45) is 10.1. The van der Waals surface area contributed by atoms with Gasteiger partial charge in [0.05, 0.1) is 0 Å². The molecule has 3 rings (SSSR count). The second-order valence-corrected chi connectivity index (χ2v) is 7.24. The molecule has 1 fully saturated rings. The van der Waals surface area contributed by atoms with Crippen molar-refractivity contribution in [1.82, 2.24) is 4.90 Å². The molecular weight excluding hydrogens is 324 g/mol. The quantitative estimate of drug-likeness (QED) is 0.900. The molecule has 0 saturated carbocycles. The molecule has 2 unspecified atom stereocenters. The van der Waals surface area contributed by atoms with E-state index in [1.807, 2.05) is 0 Å². The lowest BCUT2D eigenvalue weighted by molar-refractivity contribution is 0.114. The van der Waals surface area contributed by atoms with E-state index in [2.05, 4.69) is 69.4 Å². The highest BCUT2D eigenvalue weighted by Crippen LogP contribution is 2.33. The van der Waals surface area contributed by atoms with Crippen molar-refractivity contribution in [3.63, 3.8) is 0 Å². The van der Waals surface area contributed by atoms with Crippen LogP contribution in [0.3, 0.4) is 0 Å². The fourth-order valence-corrected chi connectivity index (χ4v) is 3.85. The van der Waals surface area contributed by atoms with Crippen molar-refractivity contribution < 1.29 is 0 Å². The maximum atomic E-state index is 6.79. The number of nitrogens with two attached hydrogens (primary N) is 1. The predicted octanol–water partition coefficient (Wildman–Crippen LogP) is 3.83. The number of benzene rings is 1. The summed E-state index contributed by atoms with van der Waals surface area (Å²) in [6.45, 7) is 3.15. The molecule has 0 bridgehead atoms. The van der Waals surface area contributed by atoms with E-state index in [1.165, 1.54) is 16.5 Å². The number of nitrogens with zero attached hydrogens (tertiary/aromatic N) is 1. The maximum absolute atomic E-state index is 6.79. The third-order valence-corrected chi connectivity index (χ3v) is 5.26. The summed E-state index contributed by atoms with van der Waals surface area (Å²) >= 11 is 3.54. The van der Waals surface area contributed by atoms with Crippen molar-refractivity contribution in [2.24, 2.45) is 11.7 Å². The summed E-state index contributed by atoms with van der Waals surface area (Å²) in [5.41, 5.74) is 8.07. The molecule has 1 aromatic rings. The number of allylic oxidation sites excluding steroid dienone is 3. The summed E-state index contributed by atoms with van der Waals surface area (Å²) in [6, 6.07) is 10.7. The van der Waals surface area contributed by atoms with Gasteiger partial charge in [0.25, 0.3) is 0 Å². The topological polar surface area (TPSA) is 29.3 Å². The van der Waals surface area contributed by atoms with E-state index in [9.17, 15) is 0 Å². The van der Waals surface area contributed by atoms with Gasteiger partial charge >= 0.3 is 0 Å². The molecule has 21 heavy (non-hydrogen) atoms. The Kier molecular flexibility index (Phi) is 4.63. The summed E-state index contributed by atoms with van der Waals surface area (Å²) in [7, 11) is 0. The third kappa shape index (κ3) is 3.65. The van der Waals surface area contributed by atoms with Crippen molar-refractivity contribution in [3.05, 3.63) is 58.6 Å². The molecule has 112 valence electrons. The van der Waals surface area contributed by atoms with Crippen molar-refractivity contribution in [3.8, 4) is 0 Å². The Balaban J connectivity index is 1.66. The van der Waals surface area contributed by atoms with Crippen molar-refractivity contribution in [1.29, 1.82) is 0 Å². The minimum Gasteiger partial charge on any atom is -0.324 e. The third-order valence-electron chi connectivity index (χ3n) is 4.68. The van der Waals surface area contributed by atoms with Gasteiger partial charge in [0.1, 0.15) is 0 Å². The largest absolute Gasteiger partial charge is 0.324 e. The van der Waals surface area contributed by atoms with Gasteiger partial charge in [-0.3, -0.25) is 4.90 Å². The van der Waals surface area contributed by atoms with E-state index in [4.69, 9.17) is 5.73 Å². The van der Waals surface area contributed by atoms with E-state index < -0.39 is 0 Å². The number of likely N-dealkylation sites (tertiary alicyclic amines) is 1. The lowest BCUT2D eigenvalue weighted by Gasteiger charge is -2.44. The molecule has 2 aliphatic rings. The van der Waals surface area contributed by atoms with Crippen molar-refractivity contribution in [2.75, 3.05) is 13.1 Å². The standard InChI is InChI=1S/C18H23BrN2/c19-17-9-7-16(8-10-17)18(20)11-4-12-21(14-18)13-15-5-2-1-3-6-15/h1-3,5-7,9-10,16H,4,8,11-14,20H2. The molecule has 2 atom stereocenters. The van der Waals surface area contributed by atoms with E-state index in [0.29, 0.717) is 5.92 Å². The minimum absolute atomic E-state index is 0.0896. The summed E-state index contributed by atoms with van der Waals surface area (Å²) in [5, 5.41) is 0. The number of rotatable bonds is 3. The Hall–Kier alpha value is -0.900. The summed E-state index contributed by atoms with van der Waals surface area (Å²) < 4.78 is 1.18. The molecular formula is C18H23BrN2. The Morgan fingerprint density at radius 2 is 2.10 bits per heavy atom. The van der Waals surface area contributed by atoms with Gasteiger partial charge in [0.15, 0.2) is 0 Å². The molecule has 3 heteroatoms. The molecule has 1 aliphatic heterocycles. The van der Waals surface area contributed by atoms with Crippen LogP contribution in [0, 0.1) is 5.92 Å². The Morgan fingerprint density at radius 3 is 2.81 bits per heavy atom. The first-order chi connectivity index (χ1) is 10.2. The van der Waals surface area contributed by atoms with Gasteiger partial charge < -0.3 is 5.73 Å². The number of hydrogen-bond acceptors (Lipinski definition) is 2. The van der Waals surface area contributed by atoms with Crippen LogP contribution in [-0.2, 0) is 6.54 Å². The molecule has 0 amide bonds. The first-order valence-electron chi connectivity index (χ1n) is 7.75. The SMILES string of the molecule is NC1(C2C=CC(Br)=CC2)CCCN(Cc2ccccc2)C1. The molecule has 1 heterocycles. The van der Waals surface area contributed by atoms with Gasteiger partial charge in [-0.25, -0.2) is 0 Å². The number of halogens is 1. The van der Waals surface area contributed by atoms with Crippen LogP contribution < -0.4 is 5.73 Å². The number of piperidine rings is 1. The van der Waals surface area contributed by atoms with E-state index in [1.54, 1.807) is 0 Å². The van der Waals surface area contributed by atoms with Crippen LogP contribution in [0.5, 0.6) is 0 Å². The smallest absolute Gasteiger partial charge is 0.0350 e. The van der Waals surface area contributed by atoms with E-state index in [-0.39, 0.29) is 5.54 Å². The average molecular weight is 347 g/mol. The van der Waals surface area contributed by atoms with Gasteiger partial charge in [-0.2, -0.15) is 0 Å². The Bertz CT molecular complexity index is 537. The molecule has 2 N–H and O–H groups in total. The number of hydrogen-bond donors (Lipinski definition) is 1. The molecule has 1 aliphatic carbocycles. The highest BCUT2D eigenvalue weighted by molar-refractivity contribution is 9.11. The Labute approximate surface area is 135 Å². The monoisotopic (exact) mass is 346 g/mol. The predicted molar refractivity (Wildman–Crippen MR) is 92.1 cm³/mol. The summed E-state index contributed by atoms with van der Waals surface area (Å²) in [5.74, 6) is 0.456. The molecule has 0 spiro atoms. The van der Waals surface area contributed by atoms with Crippen LogP contribution in [0.25, 0.3) is 0 Å². The minimum atomic E-state index is -0.0896. The average Bonchev–Trinajstić information content (AvgIpc) is 2.49. The molecule has 1 aromatic carbocycles. The fourth-order valence-electron chi connectivity index (χ4n) is 3.51. The molecule has 0 aromatic heterocycles. The van der Waals surface area contributed by atoms with Crippen LogP contribution >= 0.6 is 15.9 Å². The van der Waals surface area contributed by atoms with Gasteiger partial charge in [0, 0.05) is 23.1 Å².